The van der Waals surface area contributed by atoms with Crippen molar-refractivity contribution >= 4 is 11.8 Å². The Morgan fingerprint density at radius 2 is 1.82 bits per heavy atom. The Morgan fingerprint density at radius 1 is 1.12 bits per heavy atom. The third-order valence-corrected chi connectivity index (χ3v) is 5.32. The van der Waals surface area contributed by atoms with E-state index >= 15 is 0 Å². The zero-order valence-corrected chi connectivity index (χ0v) is 11.7. The molecule has 2 heteroatoms. The van der Waals surface area contributed by atoms with E-state index in [4.69, 9.17) is 5.73 Å². The normalized spacial score (nSPS) is 29.2. The molecule has 3 atom stereocenters. The summed E-state index contributed by atoms with van der Waals surface area (Å²) < 4.78 is 0. The van der Waals surface area contributed by atoms with Crippen LogP contribution in [0.5, 0.6) is 0 Å². The van der Waals surface area contributed by atoms with Crippen LogP contribution in [0.1, 0.15) is 38.7 Å². The topological polar surface area (TPSA) is 26.0 Å². The van der Waals surface area contributed by atoms with Crippen LogP contribution in [-0.4, -0.2) is 5.25 Å². The van der Waals surface area contributed by atoms with E-state index in [-0.39, 0.29) is 0 Å². The van der Waals surface area contributed by atoms with E-state index in [1.54, 1.807) is 0 Å². The number of thioether (sulfide) groups is 1. The molecular weight excluding hydrogens is 226 g/mol. The maximum absolute atomic E-state index is 5.61. The van der Waals surface area contributed by atoms with Crippen LogP contribution in [0, 0.1) is 11.8 Å². The average molecular weight is 249 g/mol. The summed E-state index contributed by atoms with van der Waals surface area (Å²) in [6.45, 7) is 5.43. The van der Waals surface area contributed by atoms with Crippen LogP contribution in [0.3, 0.4) is 0 Å². The lowest BCUT2D eigenvalue weighted by molar-refractivity contribution is 0.283. The van der Waals surface area contributed by atoms with Gasteiger partial charge in [-0.05, 0) is 48.8 Å². The molecule has 94 valence electrons. The van der Waals surface area contributed by atoms with Gasteiger partial charge in [0, 0.05) is 16.7 Å². The molecule has 0 saturated heterocycles. The molecule has 17 heavy (non-hydrogen) atoms. The zero-order valence-electron chi connectivity index (χ0n) is 10.9. The van der Waals surface area contributed by atoms with Crippen molar-refractivity contribution in [3.63, 3.8) is 0 Å². The highest BCUT2D eigenvalue weighted by atomic mass is 32.2. The van der Waals surface area contributed by atoms with Crippen LogP contribution in [0.15, 0.2) is 29.2 Å². The van der Waals surface area contributed by atoms with Crippen molar-refractivity contribution in [2.24, 2.45) is 17.6 Å². The number of hydrogen-bond donors (Lipinski definition) is 1. The van der Waals surface area contributed by atoms with Gasteiger partial charge in [0.25, 0.3) is 0 Å². The van der Waals surface area contributed by atoms with Crippen molar-refractivity contribution in [3.8, 4) is 0 Å². The lowest BCUT2D eigenvalue weighted by atomic mass is 9.81. The van der Waals surface area contributed by atoms with Crippen LogP contribution in [0.25, 0.3) is 0 Å². The van der Waals surface area contributed by atoms with Gasteiger partial charge in [-0.3, -0.25) is 0 Å². The van der Waals surface area contributed by atoms with E-state index in [9.17, 15) is 0 Å². The Labute approximate surface area is 109 Å². The largest absolute Gasteiger partial charge is 0.326 e. The van der Waals surface area contributed by atoms with E-state index in [1.807, 2.05) is 11.8 Å². The number of hydrogen-bond acceptors (Lipinski definition) is 2. The van der Waals surface area contributed by atoms with Crippen molar-refractivity contribution in [1.82, 2.24) is 0 Å². The molecule has 1 nitrogen and oxygen atoms in total. The second kappa shape index (κ2) is 5.92. The fraction of sp³-hybridized carbons (Fsp3) is 0.600. The van der Waals surface area contributed by atoms with E-state index in [0.717, 1.165) is 17.1 Å². The second-order valence-electron chi connectivity index (χ2n) is 5.36. The molecule has 0 bridgehead atoms. The lowest BCUT2D eigenvalue weighted by Crippen LogP contribution is -2.22. The zero-order chi connectivity index (χ0) is 12.3. The van der Waals surface area contributed by atoms with Gasteiger partial charge >= 0.3 is 0 Å². The van der Waals surface area contributed by atoms with Gasteiger partial charge in [0.15, 0.2) is 0 Å². The van der Waals surface area contributed by atoms with Gasteiger partial charge < -0.3 is 5.73 Å². The van der Waals surface area contributed by atoms with Gasteiger partial charge in [0.05, 0.1) is 0 Å². The van der Waals surface area contributed by atoms with Gasteiger partial charge in [-0.2, -0.15) is 0 Å². The van der Waals surface area contributed by atoms with Crippen molar-refractivity contribution < 1.29 is 0 Å². The van der Waals surface area contributed by atoms with Crippen molar-refractivity contribution in [3.05, 3.63) is 29.8 Å². The first kappa shape index (κ1) is 13.0. The van der Waals surface area contributed by atoms with E-state index in [1.165, 1.54) is 29.7 Å². The second-order valence-corrected chi connectivity index (χ2v) is 6.73. The quantitative estimate of drug-likeness (QED) is 0.874. The minimum absolute atomic E-state index is 0.642. The standard InChI is InChI=1S/C15H23NS/c1-11-3-6-15(9-12(11)2)17-14-7-4-13(10-16)5-8-14/h4-5,7-8,11-12,15H,3,6,9-10,16H2,1-2H3. The van der Waals surface area contributed by atoms with Crippen LogP contribution in [-0.2, 0) is 6.54 Å². The predicted molar refractivity (Wildman–Crippen MR) is 76.2 cm³/mol. The highest BCUT2D eigenvalue weighted by molar-refractivity contribution is 8.00. The molecule has 0 spiro atoms. The minimum Gasteiger partial charge on any atom is -0.326 e. The van der Waals surface area contributed by atoms with E-state index in [2.05, 4.69) is 38.1 Å². The summed E-state index contributed by atoms with van der Waals surface area (Å²) in [5.74, 6) is 1.79. The fourth-order valence-electron chi connectivity index (χ4n) is 2.50. The van der Waals surface area contributed by atoms with Gasteiger partial charge in [-0.1, -0.05) is 26.0 Å². The number of nitrogens with two attached hydrogens (primary N) is 1. The van der Waals surface area contributed by atoms with E-state index in [0.29, 0.717) is 6.54 Å². The average Bonchev–Trinajstić information content (AvgIpc) is 2.35. The Morgan fingerprint density at radius 3 is 2.41 bits per heavy atom. The SMILES string of the molecule is CC1CCC(Sc2ccc(CN)cc2)CC1C. The monoisotopic (exact) mass is 249 g/mol. The molecule has 1 aliphatic rings. The summed E-state index contributed by atoms with van der Waals surface area (Å²) in [6.07, 6.45) is 4.12. The molecule has 0 amide bonds. The first-order chi connectivity index (χ1) is 8.19. The van der Waals surface area contributed by atoms with Gasteiger partial charge in [0.2, 0.25) is 0 Å². The molecule has 0 radical (unpaired) electrons. The maximum Gasteiger partial charge on any atom is 0.0178 e. The molecule has 0 aromatic heterocycles. The summed E-state index contributed by atoms with van der Waals surface area (Å²) in [6, 6.07) is 8.74. The third kappa shape index (κ3) is 3.49. The Hall–Kier alpha value is -0.470. The van der Waals surface area contributed by atoms with Gasteiger partial charge in [0.1, 0.15) is 0 Å². The lowest BCUT2D eigenvalue weighted by Gasteiger charge is -2.31. The highest BCUT2D eigenvalue weighted by Crippen LogP contribution is 2.38. The molecule has 0 aliphatic heterocycles. The Bertz CT molecular complexity index is 346. The molecule has 1 aromatic rings. The number of benzene rings is 1. The van der Waals surface area contributed by atoms with Crippen LogP contribution >= 0.6 is 11.8 Å². The molecule has 1 saturated carbocycles. The fourth-order valence-corrected chi connectivity index (χ4v) is 3.83. The van der Waals surface area contributed by atoms with Crippen molar-refractivity contribution in [2.75, 3.05) is 0 Å². The molecule has 3 unspecified atom stereocenters. The summed E-state index contributed by atoms with van der Waals surface area (Å²) in [5.41, 5.74) is 6.83. The molecule has 1 aliphatic carbocycles. The molecule has 1 fully saturated rings. The molecule has 1 aromatic carbocycles. The van der Waals surface area contributed by atoms with Gasteiger partial charge in [-0.15, -0.1) is 11.8 Å². The molecule has 2 N–H and O–H groups in total. The first-order valence-electron chi connectivity index (χ1n) is 6.64. The van der Waals surface area contributed by atoms with Crippen LogP contribution < -0.4 is 5.73 Å². The Kier molecular flexibility index (Phi) is 4.52. The summed E-state index contributed by atoms with van der Waals surface area (Å²) in [4.78, 5) is 1.40. The Balaban J connectivity index is 1.92. The molecular formula is C15H23NS. The predicted octanol–water partition coefficient (Wildman–Crippen LogP) is 4.06. The van der Waals surface area contributed by atoms with Crippen molar-refractivity contribution in [1.29, 1.82) is 0 Å². The first-order valence-corrected chi connectivity index (χ1v) is 7.52. The smallest absolute Gasteiger partial charge is 0.0178 e. The number of rotatable bonds is 3. The van der Waals surface area contributed by atoms with Gasteiger partial charge in [-0.25, -0.2) is 0 Å². The summed E-state index contributed by atoms with van der Waals surface area (Å²) in [5, 5.41) is 0.810. The highest BCUT2D eigenvalue weighted by Gasteiger charge is 2.24. The maximum atomic E-state index is 5.61. The molecule has 2 rings (SSSR count). The summed E-state index contributed by atoms with van der Waals surface area (Å²) >= 11 is 2.05. The summed E-state index contributed by atoms with van der Waals surface area (Å²) in [7, 11) is 0. The van der Waals surface area contributed by atoms with Crippen molar-refractivity contribution in [2.45, 2.75) is 49.8 Å². The van der Waals surface area contributed by atoms with E-state index < -0.39 is 0 Å². The van der Waals surface area contributed by atoms with Crippen LogP contribution in [0.4, 0.5) is 0 Å². The molecule has 0 heterocycles. The third-order valence-electron chi connectivity index (χ3n) is 4.01. The minimum atomic E-state index is 0.642. The van der Waals surface area contributed by atoms with Crippen LogP contribution in [0.2, 0.25) is 0 Å².